The van der Waals surface area contributed by atoms with Gasteiger partial charge in [0.2, 0.25) is 5.50 Å². The number of aliphatic carboxylic acids is 1. The molecule has 1 N–H and O–H groups in total. The first-order valence-corrected chi connectivity index (χ1v) is 8.60. The molecule has 0 aliphatic heterocycles. The Kier molecular flexibility index (Phi) is 7.29. The van der Waals surface area contributed by atoms with Crippen molar-refractivity contribution in [2.45, 2.75) is 5.50 Å². The number of carbonyl (C=O) groups excluding carboxylic acids is 3. The lowest BCUT2D eigenvalue weighted by molar-refractivity contribution is -0.304. The number of azo groups is 1. The molecule has 0 spiro atoms. The van der Waals surface area contributed by atoms with Crippen LogP contribution in [0.1, 0.15) is 15.9 Å². The molecule has 0 radical (unpaired) electrons. The number of nitrogens with zero attached hydrogens (tertiary/aromatic N) is 2. The average Bonchev–Trinajstić information content (AvgIpc) is 2.64. The standard InChI is InChI=1S/C17H12Cl3N3O4/c18-9-5-6-13(22-23-16(20)17(27)21-8-14(24)25)11(7-9)15(26)10-3-1-2-4-12(10)19/h1-7,16H,8H2,(H,21,27)(H,24,25)/p-1. The molecule has 7 nitrogen and oxygen atoms in total. The summed E-state index contributed by atoms with van der Waals surface area (Å²) in [4.78, 5) is 34.7. The van der Waals surface area contributed by atoms with Crippen LogP contribution in [-0.2, 0) is 9.59 Å². The molecule has 0 aromatic heterocycles. The summed E-state index contributed by atoms with van der Waals surface area (Å²) in [6.07, 6.45) is 0. The lowest BCUT2D eigenvalue weighted by atomic mass is 10.0. The van der Waals surface area contributed by atoms with Gasteiger partial charge in [0.25, 0.3) is 5.91 Å². The zero-order valence-electron chi connectivity index (χ0n) is 13.5. The summed E-state index contributed by atoms with van der Waals surface area (Å²) in [6.45, 7) is -0.714. The third-order valence-electron chi connectivity index (χ3n) is 3.21. The van der Waals surface area contributed by atoms with E-state index >= 15 is 0 Å². The fourth-order valence-corrected chi connectivity index (χ4v) is 2.49. The highest BCUT2D eigenvalue weighted by Gasteiger charge is 2.18. The normalized spacial score (nSPS) is 12.0. The summed E-state index contributed by atoms with van der Waals surface area (Å²) in [5.41, 5.74) is -1.03. The molecule has 0 saturated heterocycles. The van der Waals surface area contributed by atoms with Crippen molar-refractivity contribution in [2.24, 2.45) is 10.2 Å². The van der Waals surface area contributed by atoms with E-state index in [0.29, 0.717) is 5.02 Å². The van der Waals surface area contributed by atoms with E-state index in [-0.39, 0.29) is 21.8 Å². The molecule has 0 fully saturated rings. The molecule has 1 amide bonds. The Bertz CT molecular complexity index is 918. The quantitative estimate of drug-likeness (QED) is 0.317. The zero-order valence-corrected chi connectivity index (χ0v) is 15.8. The van der Waals surface area contributed by atoms with Crippen LogP contribution in [0.2, 0.25) is 10.0 Å². The summed E-state index contributed by atoms with van der Waals surface area (Å²) in [6, 6.07) is 10.8. The number of carboxylic acids is 1. The lowest BCUT2D eigenvalue weighted by Crippen LogP contribution is -2.40. The number of alkyl halides is 1. The maximum atomic E-state index is 12.8. The van der Waals surface area contributed by atoms with Crippen LogP contribution >= 0.6 is 34.8 Å². The van der Waals surface area contributed by atoms with Gasteiger partial charge in [-0.3, -0.25) is 9.59 Å². The third kappa shape index (κ3) is 5.75. The Morgan fingerprint density at radius 3 is 2.44 bits per heavy atom. The largest absolute Gasteiger partial charge is 0.548 e. The van der Waals surface area contributed by atoms with Crippen LogP contribution in [0.15, 0.2) is 52.7 Å². The fraction of sp³-hybridized carbons (Fsp3) is 0.118. The van der Waals surface area contributed by atoms with Crippen LogP contribution in [0.25, 0.3) is 0 Å². The van der Waals surface area contributed by atoms with Gasteiger partial charge in [0.1, 0.15) is 0 Å². The van der Waals surface area contributed by atoms with Crippen LogP contribution in [0.5, 0.6) is 0 Å². The van der Waals surface area contributed by atoms with Crippen LogP contribution < -0.4 is 10.4 Å². The zero-order chi connectivity index (χ0) is 20.0. The highest BCUT2D eigenvalue weighted by Crippen LogP contribution is 2.28. The van der Waals surface area contributed by atoms with Gasteiger partial charge in [0.15, 0.2) is 5.78 Å². The summed E-state index contributed by atoms with van der Waals surface area (Å²) in [5, 5.41) is 20.3. The molecular weight excluding hydrogens is 417 g/mol. The van der Waals surface area contributed by atoms with Crippen LogP contribution in [0.3, 0.4) is 0 Å². The minimum Gasteiger partial charge on any atom is -0.548 e. The number of carbonyl (C=O) groups is 3. The Morgan fingerprint density at radius 1 is 1.07 bits per heavy atom. The van der Waals surface area contributed by atoms with Crippen LogP contribution in [0, 0.1) is 0 Å². The van der Waals surface area contributed by atoms with E-state index in [2.05, 4.69) is 10.2 Å². The second kappa shape index (κ2) is 9.45. The maximum absolute atomic E-state index is 12.8. The molecule has 0 heterocycles. The molecule has 0 aliphatic carbocycles. The van der Waals surface area contributed by atoms with Crippen molar-refractivity contribution in [3.63, 3.8) is 0 Å². The van der Waals surface area contributed by atoms with E-state index in [4.69, 9.17) is 34.8 Å². The molecule has 2 aromatic rings. The van der Waals surface area contributed by atoms with Gasteiger partial charge in [-0.15, -0.1) is 0 Å². The average molecular weight is 428 g/mol. The lowest BCUT2D eigenvalue weighted by Gasteiger charge is -2.08. The minimum atomic E-state index is -1.50. The van der Waals surface area contributed by atoms with Crippen molar-refractivity contribution in [1.82, 2.24) is 5.32 Å². The van der Waals surface area contributed by atoms with Crippen molar-refractivity contribution < 1.29 is 19.5 Å². The van der Waals surface area contributed by atoms with Crippen LogP contribution in [0.4, 0.5) is 5.69 Å². The van der Waals surface area contributed by atoms with Crippen LogP contribution in [-0.4, -0.2) is 29.7 Å². The minimum absolute atomic E-state index is 0.110. The van der Waals surface area contributed by atoms with Gasteiger partial charge < -0.3 is 15.2 Å². The molecule has 2 aromatic carbocycles. The van der Waals surface area contributed by atoms with Gasteiger partial charge >= 0.3 is 0 Å². The summed E-state index contributed by atoms with van der Waals surface area (Å²) in [5.74, 6) is -2.79. The molecule has 2 rings (SSSR count). The molecule has 10 heteroatoms. The van der Waals surface area contributed by atoms with Gasteiger partial charge in [-0.2, -0.15) is 10.2 Å². The molecule has 0 aliphatic rings. The fourth-order valence-electron chi connectivity index (χ4n) is 1.98. The van der Waals surface area contributed by atoms with Crippen molar-refractivity contribution >= 4 is 58.1 Å². The molecule has 1 atom stereocenters. The maximum Gasteiger partial charge on any atom is 0.262 e. The number of nitrogens with one attached hydrogen (secondary N) is 1. The number of hydrogen-bond acceptors (Lipinski definition) is 6. The molecule has 0 saturated carbocycles. The van der Waals surface area contributed by atoms with E-state index in [1.54, 1.807) is 24.3 Å². The first kappa shape index (κ1) is 20.8. The Labute approximate surface area is 168 Å². The van der Waals surface area contributed by atoms with Crippen molar-refractivity contribution in [1.29, 1.82) is 0 Å². The van der Waals surface area contributed by atoms with Gasteiger partial charge in [-0.1, -0.05) is 46.9 Å². The summed E-state index contributed by atoms with van der Waals surface area (Å²) < 4.78 is 0. The van der Waals surface area contributed by atoms with E-state index in [1.807, 2.05) is 5.32 Å². The monoisotopic (exact) mass is 426 g/mol. The van der Waals surface area contributed by atoms with Crippen molar-refractivity contribution in [3.05, 3.63) is 63.6 Å². The number of hydrogen-bond donors (Lipinski definition) is 1. The topological polar surface area (TPSA) is 111 Å². The van der Waals surface area contributed by atoms with Gasteiger partial charge in [0.05, 0.1) is 28.8 Å². The highest BCUT2D eigenvalue weighted by atomic mass is 35.5. The van der Waals surface area contributed by atoms with Gasteiger partial charge in [-0.25, -0.2) is 0 Å². The van der Waals surface area contributed by atoms with E-state index < -0.39 is 29.7 Å². The number of benzene rings is 2. The molecule has 140 valence electrons. The molecule has 0 bridgehead atoms. The number of amides is 1. The van der Waals surface area contributed by atoms with Crippen molar-refractivity contribution in [2.75, 3.05) is 6.54 Å². The van der Waals surface area contributed by atoms with E-state index in [1.165, 1.54) is 18.2 Å². The SMILES string of the molecule is O=C([O-])CNC(=O)C(Cl)N=Nc1ccc(Cl)cc1C(=O)c1ccccc1Cl. The predicted octanol–water partition coefficient (Wildman–Crippen LogP) is 2.74. The number of carboxylic acid groups (broad SMARTS) is 1. The third-order valence-corrected chi connectivity index (χ3v) is 4.06. The smallest absolute Gasteiger partial charge is 0.262 e. The molecule has 1 unspecified atom stereocenters. The summed E-state index contributed by atoms with van der Waals surface area (Å²) in [7, 11) is 0. The number of halogens is 3. The first-order chi connectivity index (χ1) is 12.8. The summed E-state index contributed by atoms with van der Waals surface area (Å²) >= 11 is 17.8. The molecule has 27 heavy (non-hydrogen) atoms. The van der Waals surface area contributed by atoms with Crippen molar-refractivity contribution in [3.8, 4) is 0 Å². The molecular formula is C17H11Cl3N3O4-. The van der Waals surface area contributed by atoms with E-state index in [9.17, 15) is 19.5 Å². The highest BCUT2D eigenvalue weighted by molar-refractivity contribution is 6.35. The van der Waals surface area contributed by atoms with Gasteiger partial charge in [-0.05, 0) is 30.3 Å². The predicted molar refractivity (Wildman–Crippen MR) is 98.5 cm³/mol. The first-order valence-electron chi connectivity index (χ1n) is 7.41. The van der Waals surface area contributed by atoms with Gasteiger partial charge in [0, 0.05) is 10.6 Å². The Hall–Kier alpha value is -2.48. The Balaban J connectivity index is 2.28. The number of ketones is 1. The van der Waals surface area contributed by atoms with E-state index in [0.717, 1.165) is 0 Å². The second-order valence-corrected chi connectivity index (χ2v) is 6.37. The second-order valence-electron chi connectivity index (χ2n) is 5.11. The Morgan fingerprint density at radius 2 is 1.78 bits per heavy atom. The number of rotatable bonds is 7.